The fourth-order valence-corrected chi connectivity index (χ4v) is 2.07. The second-order valence-corrected chi connectivity index (χ2v) is 5.26. The molecular formula is C8H19O3P. The lowest BCUT2D eigenvalue weighted by Crippen LogP contribution is -2.14. The van der Waals surface area contributed by atoms with E-state index in [-0.39, 0.29) is 6.10 Å². The van der Waals surface area contributed by atoms with Crippen molar-refractivity contribution in [2.45, 2.75) is 33.8 Å². The van der Waals surface area contributed by atoms with Crippen LogP contribution < -0.4 is 0 Å². The normalized spacial score (nSPS) is 19.2. The molecule has 2 atom stereocenters. The van der Waals surface area contributed by atoms with Crippen LogP contribution in [0.15, 0.2) is 0 Å². The monoisotopic (exact) mass is 194 g/mol. The summed E-state index contributed by atoms with van der Waals surface area (Å²) in [5.41, 5.74) is 0. The molecule has 0 aliphatic carbocycles. The second kappa shape index (κ2) is 5.00. The first kappa shape index (κ1) is 12.2. The summed E-state index contributed by atoms with van der Waals surface area (Å²) >= 11 is 0. The van der Waals surface area contributed by atoms with Gasteiger partial charge in [-0.3, -0.25) is 4.57 Å². The van der Waals surface area contributed by atoms with Crippen LogP contribution >= 0.6 is 7.60 Å². The summed E-state index contributed by atoms with van der Waals surface area (Å²) in [6, 6.07) is 0. The van der Waals surface area contributed by atoms with Crippen LogP contribution in [-0.4, -0.2) is 19.4 Å². The molecule has 0 radical (unpaired) electrons. The Kier molecular flexibility index (Phi) is 5.07. The van der Waals surface area contributed by atoms with Crippen molar-refractivity contribution in [3.63, 3.8) is 0 Å². The van der Waals surface area contributed by atoms with Crippen LogP contribution in [0.1, 0.15) is 27.7 Å². The van der Waals surface area contributed by atoms with Crippen LogP contribution in [0.4, 0.5) is 0 Å². The SMILES string of the molecule is CCOP(C)(=O)OC(C)C(C)C. The van der Waals surface area contributed by atoms with E-state index in [1.165, 1.54) is 6.66 Å². The molecule has 0 rings (SSSR count). The molecule has 0 amide bonds. The van der Waals surface area contributed by atoms with E-state index in [9.17, 15) is 4.57 Å². The number of hydrogen-bond donors (Lipinski definition) is 0. The Bertz CT molecular complexity index is 168. The average molecular weight is 194 g/mol. The first-order valence-corrected chi connectivity index (χ1v) is 6.28. The highest BCUT2D eigenvalue weighted by Gasteiger charge is 2.21. The predicted molar refractivity (Wildman–Crippen MR) is 50.5 cm³/mol. The zero-order chi connectivity index (χ0) is 9.78. The van der Waals surface area contributed by atoms with E-state index in [2.05, 4.69) is 0 Å². The average Bonchev–Trinajstić information content (AvgIpc) is 1.85. The molecule has 0 aromatic rings. The van der Waals surface area contributed by atoms with Crippen LogP contribution in [0.25, 0.3) is 0 Å². The maximum absolute atomic E-state index is 11.5. The molecule has 0 bridgehead atoms. The van der Waals surface area contributed by atoms with E-state index in [0.29, 0.717) is 12.5 Å². The first-order valence-electron chi connectivity index (χ1n) is 4.29. The van der Waals surface area contributed by atoms with Gasteiger partial charge in [0.25, 0.3) is 0 Å². The molecule has 0 aromatic heterocycles. The topological polar surface area (TPSA) is 35.5 Å². The molecule has 12 heavy (non-hydrogen) atoms. The smallest absolute Gasteiger partial charge is 0.309 e. The van der Waals surface area contributed by atoms with Crippen molar-refractivity contribution in [3.8, 4) is 0 Å². The van der Waals surface area contributed by atoms with Gasteiger partial charge in [0, 0.05) is 6.66 Å². The molecule has 74 valence electrons. The van der Waals surface area contributed by atoms with Crippen molar-refractivity contribution in [1.82, 2.24) is 0 Å². The van der Waals surface area contributed by atoms with Gasteiger partial charge in [-0.15, -0.1) is 0 Å². The maximum Gasteiger partial charge on any atom is 0.327 e. The molecule has 2 unspecified atom stereocenters. The summed E-state index contributed by atoms with van der Waals surface area (Å²) in [5.74, 6) is 0.360. The van der Waals surface area contributed by atoms with Crippen molar-refractivity contribution < 1.29 is 13.6 Å². The number of hydrogen-bond acceptors (Lipinski definition) is 3. The van der Waals surface area contributed by atoms with E-state index in [1.54, 1.807) is 6.92 Å². The molecule has 0 fully saturated rings. The summed E-state index contributed by atoms with van der Waals surface area (Å²) < 4.78 is 21.7. The van der Waals surface area contributed by atoms with Crippen LogP contribution in [0.2, 0.25) is 0 Å². The zero-order valence-corrected chi connectivity index (χ0v) is 9.43. The van der Waals surface area contributed by atoms with Crippen LogP contribution in [0, 0.1) is 5.92 Å². The van der Waals surface area contributed by atoms with E-state index in [1.807, 2.05) is 20.8 Å². The van der Waals surface area contributed by atoms with Crippen molar-refractivity contribution in [2.75, 3.05) is 13.3 Å². The molecule has 0 saturated carbocycles. The lowest BCUT2D eigenvalue weighted by Gasteiger charge is -2.21. The summed E-state index contributed by atoms with van der Waals surface area (Å²) in [5, 5.41) is 0. The minimum absolute atomic E-state index is 0.0209. The Morgan fingerprint density at radius 2 is 1.83 bits per heavy atom. The van der Waals surface area contributed by atoms with Gasteiger partial charge in [0.2, 0.25) is 0 Å². The fraction of sp³-hybridized carbons (Fsp3) is 1.00. The van der Waals surface area contributed by atoms with Gasteiger partial charge in [0.05, 0.1) is 12.7 Å². The molecule has 0 saturated heterocycles. The molecule has 0 aliphatic rings. The largest absolute Gasteiger partial charge is 0.327 e. The van der Waals surface area contributed by atoms with Gasteiger partial charge in [0.1, 0.15) is 0 Å². The maximum atomic E-state index is 11.5. The van der Waals surface area contributed by atoms with Gasteiger partial charge in [0.15, 0.2) is 0 Å². The van der Waals surface area contributed by atoms with Crippen molar-refractivity contribution in [3.05, 3.63) is 0 Å². The summed E-state index contributed by atoms with van der Waals surface area (Å²) in [6.07, 6.45) is -0.0209. The van der Waals surface area contributed by atoms with Crippen molar-refractivity contribution in [1.29, 1.82) is 0 Å². The molecule has 0 spiro atoms. The Hall–Kier alpha value is 0.150. The highest BCUT2D eigenvalue weighted by atomic mass is 31.2. The zero-order valence-electron chi connectivity index (χ0n) is 8.53. The second-order valence-electron chi connectivity index (χ2n) is 3.24. The van der Waals surface area contributed by atoms with Gasteiger partial charge < -0.3 is 9.05 Å². The summed E-state index contributed by atoms with van der Waals surface area (Å²) in [7, 11) is -2.80. The molecule has 0 N–H and O–H groups in total. The van der Waals surface area contributed by atoms with Crippen molar-refractivity contribution in [2.24, 2.45) is 5.92 Å². The van der Waals surface area contributed by atoms with E-state index in [0.717, 1.165) is 0 Å². The molecular weight excluding hydrogens is 175 g/mol. The van der Waals surface area contributed by atoms with Gasteiger partial charge in [-0.1, -0.05) is 13.8 Å². The highest BCUT2D eigenvalue weighted by Crippen LogP contribution is 2.45. The standard InChI is InChI=1S/C8H19O3P/c1-6-10-12(5,9)11-8(4)7(2)3/h7-8H,6H2,1-5H3. The predicted octanol–water partition coefficient (Wildman–Crippen LogP) is 2.91. The van der Waals surface area contributed by atoms with E-state index in [4.69, 9.17) is 9.05 Å². The van der Waals surface area contributed by atoms with Crippen LogP contribution in [-0.2, 0) is 13.6 Å². The van der Waals surface area contributed by atoms with E-state index >= 15 is 0 Å². The first-order chi connectivity index (χ1) is 5.39. The lowest BCUT2D eigenvalue weighted by atomic mass is 10.1. The third kappa shape index (κ3) is 4.91. The van der Waals surface area contributed by atoms with Gasteiger partial charge in [-0.25, -0.2) is 0 Å². The highest BCUT2D eigenvalue weighted by molar-refractivity contribution is 7.52. The minimum Gasteiger partial charge on any atom is -0.309 e. The minimum atomic E-state index is -2.80. The van der Waals surface area contributed by atoms with E-state index < -0.39 is 7.60 Å². The molecule has 4 heteroatoms. The number of rotatable bonds is 5. The summed E-state index contributed by atoms with van der Waals surface area (Å²) in [4.78, 5) is 0. The molecule has 0 aliphatic heterocycles. The Labute approximate surface area is 75.0 Å². The Morgan fingerprint density at radius 1 is 1.33 bits per heavy atom. The molecule has 0 heterocycles. The Morgan fingerprint density at radius 3 is 2.17 bits per heavy atom. The van der Waals surface area contributed by atoms with Crippen LogP contribution in [0.5, 0.6) is 0 Å². The third-order valence-corrected chi connectivity index (χ3v) is 3.10. The fourth-order valence-electron chi connectivity index (χ4n) is 0.689. The molecule has 0 aromatic carbocycles. The van der Waals surface area contributed by atoms with Gasteiger partial charge >= 0.3 is 7.60 Å². The van der Waals surface area contributed by atoms with Gasteiger partial charge in [-0.2, -0.15) is 0 Å². The quantitative estimate of drug-likeness (QED) is 0.631. The van der Waals surface area contributed by atoms with Crippen LogP contribution in [0.3, 0.4) is 0 Å². The van der Waals surface area contributed by atoms with Gasteiger partial charge in [-0.05, 0) is 19.8 Å². The summed E-state index contributed by atoms with van der Waals surface area (Å²) in [6.45, 7) is 9.70. The lowest BCUT2D eigenvalue weighted by molar-refractivity contribution is 0.132. The Balaban J connectivity index is 3.97. The molecule has 3 nitrogen and oxygen atoms in total. The third-order valence-electron chi connectivity index (χ3n) is 1.66. The van der Waals surface area contributed by atoms with Crippen molar-refractivity contribution >= 4 is 7.60 Å².